The Kier molecular flexibility index (Phi) is 6.09. The Morgan fingerprint density at radius 1 is 1.40 bits per heavy atom. The zero-order chi connectivity index (χ0) is 15.4. The molecule has 0 bridgehead atoms. The third kappa shape index (κ3) is 5.45. The molecule has 0 saturated carbocycles. The summed E-state index contributed by atoms with van der Waals surface area (Å²) in [5, 5.41) is 8.93. The lowest BCUT2D eigenvalue weighted by Crippen LogP contribution is -2.40. The first-order valence-corrected chi connectivity index (χ1v) is 10.6. The molecule has 1 rings (SSSR count). The normalized spacial score (nSPS) is 20.4. The molecule has 1 N–H and O–H groups in total. The van der Waals surface area contributed by atoms with Gasteiger partial charge in [-0.1, -0.05) is 25.7 Å². The van der Waals surface area contributed by atoms with Crippen LogP contribution in [0.15, 0.2) is 11.8 Å². The molecule has 1 unspecified atom stereocenters. The van der Waals surface area contributed by atoms with E-state index >= 15 is 0 Å². The lowest BCUT2D eigenvalue weighted by molar-refractivity contribution is -0.114. The minimum absolute atomic E-state index is 0.00656. The van der Waals surface area contributed by atoms with Gasteiger partial charge in [0.1, 0.15) is 5.70 Å². The number of allylic oxidation sites excluding steroid dienone is 1. The van der Waals surface area contributed by atoms with Crippen molar-refractivity contribution in [1.29, 1.82) is 0 Å². The van der Waals surface area contributed by atoms with Gasteiger partial charge in [-0.25, -0.2) is 0 Å². The number of rotatable bonds is 7. The maximum absolute atomic E-state index is 12.8. The average molecular weight is 311 g/mol. The summed E-state index contributed by atoms with van der Waals surface area (Å²) in [6.45, 7) is 7.27. The molecule has 118 valence electrons. The molecule has 0 aromatic rings. The number of ether oxygens (including phenoxy) is 1. The van der Waals surface area contributed by atoms with E-state index in [2.05, 4.69) is 19.6 Å². The minimum atomic E-state index is -4.36. The van der Waals surface area contributed by atoms with Crippen molar-refractivity contribution in [2.75, 3.05) is 26.4 Å². The molecule has 0 aromatic heterocycles. The highest BCUT2D eigenvalue weighted by Gasteiger charge is 2.42. The SMILES string of the molecule is C[Si](C)(C)CCOCC1CC=C(C(F)(F)F)N1CCO. The van der Waals surface area contributed by atoms with Crippen LogP contribution in [0.2, 0.25) is 25.7 Å². The first-order chi connectivity index (χ1) is 9.15. The number of alkyl halides is 3. The summed E-state index contributed by atoms with van der Waals surface area (Å²) in [5.74, 6) is 0. The van der Waals surface area contributed by atoms with Crippen molar-refractivity contribution in [1.82, 2.24) is 4.90 Å². The molecule has 1 aliphatic rings. The molecule has 0 radical (unpaired) electrons. The molecule has 1 heterocycles. The number of aliphatic hydroxyl groups excluding tert-OH is 1. The largest absolute Gasteiger partial charge is 0.430 e. The minimum Gasteiger partial charge on any atom is -0.395 e. The average Bonchev–Trinajstić information content (AvgIpc) is 2.67. The Hall–Kier alpha value is -0.533. The summed E-state index contributed by atoms with van der Waals surface area (Å²) >= 11 is 0. The van der Waals surface area contributed by atoms with E-state index in [-0.39, 0.29) is 25.8 Å². The van der Waals surface area contributed by atoms with E-state index in [4.69, 9.17) is 9.84 Å². The number of halogens is 3. The predicted molar refractivity (Wildman–Crippen MR) is 75.3 cm³/mol. The lowest BCUT2D eigenvalue weighted by atomic mass is 10.2. The molecule has 20 heavy (non-hydrogen) atoms. The van der Waals surface area contributed by atoms with Crippen molar-refractivity contribution in [3.05, 3.63) is 11.8 Å². The van der Waals surface area contributed by atoms with Gasteiger partial charge in [-0.3, -0.25) is 0 Å². The van der Waals surface area contributed by atoms with Gasteiger partial charge >= 0.3 is 6.18 Å². The Morgan fingerprint density at radius 2 is 2.05 bits per heavy atom. The van der Waals surface area contributed by atoms with Crippen LogP contribution in [0.25, 0.3) is 0 Å². The van der Waals surface area contributed by atoms with Crippen molar-refractivity contribution in [3.8, 4) is 0 Å². The van der Waals surface area contributed by atoms with Crippen LogP contribution < -0.4 is 0 Å². The highest BCUT2D eigenvalue weighted by atomic mass is 28.3. The Morgan fingerprint density at radius 3 is 2.55 bits per heavy atom. The molecule has 0 fully saturated rings. The second-order valence-corrected chi connectivity index (χ2v) is 11.9. The fourth-order valence-corrected chi connectivity index (χ4v) is 2.89. The van der Waals surface area contributed by atoms with Crippen LogP contribution in [-0.4, -0.2) is 56.7 Å². The standard InChI is InChI=1S/C13H24F3NO2Si/c1-20(2,3)9-8-19-10-11-4-5-12(13(14,15)16)17(11)6-7-18/h5,11,18H,4,6-10H2,1-3H3. The van der Waals surface area contributed by atoms with E-state index in [0.717, 1.165) is 6.04 Å². The molecule has 0 aromatic carbocycles. The van der Waals surface area contributed by atoms with Crippen LogP contribution >= 0.6 is 0 Å². The van der Waals surface area contributed by atoms with Gasteiger partial charge in [0.15, 0.2) is 0 Å². The maximum Gasteiger partial charge on any atom is 0.430 e. The third-order valence-electron chi connectivity index (χ3n) is 3.27. The maximum atomic E-state index is 12.8. The molecule has 3 nitrogen and oxygen atoms in total. The van der Waals surface area contributed by atoms with Gasteiger partial charge in [0.05, 0.1) is 19.3 Å². The second-order valence-electron chi connectivity index (χ2n) is 6.28. The molecule has 0 saturated heterocycles. The van der Waals surface area contributed by atoms with Crippen LogP contribution in [0.5, 0.6) is 0 Å². The highest BCUT2D eigenvalue weighted by molar-refractivity contribution is 6.76. The van der Waals surface area contributed by atoms with E-state index in [1.165, 1.54) is 11.0 Å². The zero-order valence-corrected chi connectivity index (χ0v) is 13.3. The molecule has 0 aliphatic carbocycles. The van der Waals surface area contributed by atoms with Gasteiger partial charge in [-0.05, 0) is 12.5 Å². The van der Waals surface area contributed by atoms with Crippen molar-refractivity contribution < 1.29 is 23.0 Å². The summed E-state index contributed by atoms with van der Waals surface area (Å²) in [5.41, 5.74) is -0.648. The van der Waals surface area contributed by atoms with E-state index in [9.17, 15) is 13.2 Å². The number of hydrogen-bond donors (Lipinski definition) is 1. The first kappa shape index (κ1) is 17.5. The molecule has 7 heteroatoms. The Labute approximate surface area is 119 Å². The molecule has 1 aliphatic heterocycles. The molecular weight excluding hydrogens is 287 g/mol. The lowest BCUT2D eigenvalue weighted by Gasteiger charge is -2.30. The van der Waals surface area contributed by atoms with Gasteiger partial charge in [0.2, 0.25) is 0 Å². The fourth-order valence-electron chi connectivity index (χ4n) is 2.13. The van der Waals surface area contributed by atoms with E-state index in [0.29, 0.717) is 13.0 Å². The quantitative estimate of drug-likeness (QED) is 0.580. The topological polar surface area (TPSA) is 32.7 Å². The fraction of sp³-hybridized carbons (Fsp3) is 0.846. The number of β-amino-alcohol motifs (C(OH)–C–C–N with tert-alkyl or cyclic N) is 1. The summed E-state index contributed by atoms with van der Waals surface area (Å²) in [6.07, 6.45) is -2.84. The van der Waals surface area contributed by atoms with E-state index < -0.39 is 19.9 Å². The number of aliphatic hydroxyl groups is 1. The van der Waals surface area contributed by atoms with Gasteiger partial charge in [-0.15, -0.1) is 0 Å². The van der Waals surface area contributed by atoms with Crippen molar-refractivity contribution in [3.63, 3.8) is 0 Å². The van der Waals surface area contributed by atoms with Crippen molar-refractivity contribution >= 4 is 8.07 Å². The highest BCUT2D eigenvalue weighted by Crippen LogP contribution is 2.35. The summed E-state index contributed by atoms with van der Waals surface area (Å²) in [6, 6.07) is 0.680. The third-order valence-corrected chi connectivity index (χ3v) is 4.98. The predicted octanol–water partition coefficient (Wildman–Crippen LogP) is 2.85. The van der Waals surface area contributed by atoms with Gasteiger partial charge in [0, 0.05) is 21.2 Å². The van der Waals surface area contributed by atoms with Gasteiger partial charge < -0.3 is 14.7 Å². The number of nitrogens with zero attached hydrogens (tertiary/aromatic N) is 1. The first-order valence-electron chi connectivity index (χ1n) is 6.88. The number of hydrogen-bond acceptors (Lipinski definition) is 3. The van der Waals surface area contributed by atoms with Crippen LogP contribution in [0, 0.1) is 0 Å². The van der Waals surface area contributed by atoms with Crippen molar-refractivity contribution in [2.45, 2.75) is 44.3 Å². The summed E-state index contributed by atoms with van der Waals surface area (Å²) in [4.78, 5) is 1.22. The van der Waals surface area contributed by atoms with Crippen LogP contribution in [0.3, 0.4) is 0 Å². The van der Waals surface area contributed by atoms with Crippen molar-refractivity contribution in [2.24, 2.45) is 0 Å². The van der Waals surface area contributed by atoms with Gasteiger partial charge in [-0.2, -0.15) is 13.2 Å². The molecule has 0 spiro atoms. The molecular formula is C13H24F3NO2Si. The van der Waals surface area contributed by atoms with E-state index in [1.54, 1.807) is 0 Å². The van der Waals surface area contributed by atoms with Crippen LogP contribution in [-0.2, 0) is 4.74 Å². The van der Waals surface area contributed by atoms with Crippen LogP contribution in [0.4, 0.5) is 13.2 Å². The summed E-state index contributed by atoms with van der Waals surface area (Å²) in [7, 11) is -1.18. The van der Waals surface area contributed by atoms with Crippen LogP contribution in [0.1, 0.15) is 6.42 Å². The monoisotopic (exact) mass is 311 g/mol. The molecule has 0 amide bonds. The molecule has 1 atom stereocenters. The second kappa shape index (κ2) is 6.95. The van der Waals surface area contributed by atoms with E-state index in [1.807, 2.05) is 0 Å². The zero-order valence-electron chi connectivity index (χ0n) is 12.3. The smallest absolute Gasteiger partial charge is 0.395 e. The van der Waals surface area contributed by atoms with Gasteiger partial charge in [0.25, 0.3) is 0 Å². The Balaban J connectivity index is 2.47. The Bertz CT molecular complexity index is 339. The summed E-state index contributed by atoms with van der Waals surface area (Å²) < 4.78 is 44.0.